The van der Waals surface area contributed by atoms with Gasteiger partial charge in [-0.3, -0.25) is 4.79 Å². The highest BCUT2D eigenvalue weighted by Crippen LogP contribution is 2.20. The first-order chi connectivity index (χ1) is 9.61. The van der Waals surface area contributed by atoms with Crippen LogP contribution in [0.3, 0.4) is 0 Å². The number of thiazole rings is 1. The second kappa shape index (κ2) is 6.63. The van der Waals surface area contributed by atoms with Crippen molar-refractivity contribution >= 4 is 17.2 Å². The summed E-state index contributed by atoms with van der Waals surface area (Å²) in [7, 11) is 0. The van der Waals surface area contributed by atoms with E-state index in [4.69, 9.17) is 5.73 Å². The van der Waals surface area contributed by atoms with Crippen LogP contribution in [-0.4, -0.2) is 10.9 Å². The van der Waals surface area contributed by atoms with Crippen LogP contribution in [0.25, 0.3) is 0 Å². The number of hydrogen-bond acceptors (Lipinski definition) is 4. The third kappa shape index (κ3) is 3.43. The van der Waals surface area contributed by atoms with E-state index in [1.54, 1.807) is 17.4 Å². The summed E-state index contributed by atoms with van der Waals surface area (Å²) >= 11 is 1.67. The van der Waals surface area contributed by atoms with Crippen LogP contribution in [-0.2, 0) is 6.54 Å². The minimum Gasteiger partial charge on any atom is -0.366 e. The van der Waals surface area contributed by atoms with Crippen LogP contribution in [0.1, 0.15) is 45.9 Å². The van der Waals surface area contributed by atoms with Crippen LogP contribution < -0.4 is 11.1 Å². The summed E-state index contributed by atoms with van der Waals surface area (Å²) < 4.78 is 0. The fraction of sp³-hybridized carbons (Fsp3) is 0.333. The maximum Gasteiger partial charge on any atom is 0.248 e. The zero-order valence-corrected chi connectivity index (χ0v) is 12.5. The minimum absolute atomic E-state index is 0.269. The van der Waals surface area contributed by atoms with Crippen molar-refractivity contribution in [3.05, 3.63) is 51.5 Å². The molecular formula is C15H19N3OS. The van der Waals surface area contributed by atoms with Gasteiger partial charge in [-0.15, -0.1) is 11.3 Å². The fourth-order valence-corrected chi connectivity index (χ4v) is 2.89. The van der Waals surface area contributed by atoms with E-state index in [2.05, 4.69) is 17.2 Å². The Labute approximate surface area is 123 Å². The lowest BCUT2D eigenvalue weighted by Gasteiger charge is -2.15. The average molecular weight is 289 g/mol. The van der Waals surface area contributed by atoms with Crippen LogP contribution in [0.5, 0.6) is 0 Å². The number of carbonyl (C=O) groups excluding carboxylic acids is 1. The van der Waals surface area contributed by atoms with Gasteiger partial charge in [0.1, 0.15) is 5.01 Å². The van der Waals surface area contributed by atoms with E-state index in [-0.39, 0.29) is 11.9 Å². The number of carbonyl (C=O) groups is 1. The lowest BCUT2D eigenvalue weighted by Crippen LogP contribution is -2.21. The largest absolute Gasteiger partial charge is 0.366 e. The second-order valence-electron chi connectivity index (χ2n) is 4.72. The quantitative estimate of drug-likeness (QED) is 0.859. The van der Waals surface area contributed by atoms with Gasteiger partial charge in [-0.2, -0.15) is 0 Å². The van der Waals surface area contributed by atoms with Crippen LogP contribution >= 0.6 is 11.3 Å². The Morgan fingerprint density at radius 3 is 2.85 bits per heavy atom. The van der Waals surface area contributed by atoms with Crippen molar-refractivity contribution in [2.45, 2.75) is 32.9 Å². The molecule has 0 aliphatic carbocycles. The zero-order valence-electron chi connectivity index (χ0n) is 11.7. The molecule has 106 valence electrons. The number of benzene rings is 1. The lowest BCUT2D eigenvalue weighted by atomic mass is 10.0. The van der Waals surface area contributed by atoms with Gasteiger partial charge in [0.05, 0.1) is 6.04 Å². The van der Waals surface area contributed by atoms with E-state index >= 15 is 0 Å². The molecule has 0 aliphatic rings. The summed E-state index contributed by atoms with van der Waals surface area (Å²) in [4.78, 5) is 15.5. The topological polar surface area (TPSA) is 68.0 Å². The van der Waals surface area contributed by atoms with Crippen LogP contribution in [0.2, 0.25) is 0 Å². The van der Waals surface area contributed by atoms with E-state index in [1.807, 2.05) is 30.6 Å². The predicted molar refractivity (Wildman–Crippen MR) is 81.7 cm³/mol. The predicted octanol–water partition coefficient (Wildman–Crippen LogP) is 2.79. The molecule has 0 saturated heterocycles. The first-order valence-electron chi connectivity index (χ1n) is 6.64. The SMILES string of the molecule is CCC(NCc1ccc(C(N)=O)cc1C)c1nccs1. The number of amides is 1. The monoisotopic (exact) mass is 289 g/mol. The van der Waals surface area contributed by atoms with Crippen molar-refractivity contribution in [1.82, 2.24) is 10.3 Å². The summed E-state index contributed by atoms with van der Waals surface area (Å²) in [5.41, 5.74) is 8.08. The molecular weight excluding hydrogens is 270 g/mol. The Bertz CT molecular complexity index is 581. The summed E-state index contributed by atoms with van der Waals surface area (Å²) in [6.45, 7) is 4.89. The molecule has 1 atom stereocenters. The number of primary amides is 1. The third-order valence-corrected chi connectivity index (χ3v) is 4.21. The molecule has 0 aliphatic heterocycles. The zero-order chi connectivity index (χ0) is 14.5. The first-order valence-corrected chi connectivity index (χ1v) is 7.52. The minimum atomic E-state index is -0.387. The molecule has 3 N–H and O–H groups in total. The van der Waals surface area contributed by atoms with Crippen molar-refractivity contribution in [2.24, 2.45) is 5.73 Å². The van der Waals surface area contributed by atoms with E-state index < -0.39 is 0 Å². The Morgan fingerprint density at radius 1 is 1.50 bits per heavy atom. The van der Waals surface area contributed by atoms with Gasteiger partial charge in [0, 0.05) is 23.7 Å². The van der Waals surface area contributed by atoms with Crippen LogP contribution in [0.4, 0.5) is 0 Å². The molecule has 5 heteroatoms. The van der Waals surface area contributed by atoms with Gasteiger partial charge < -0.3 is 11.1 Å². The molecule has 20 heavy (non-hydrogen) atoms. The Morgan fingerprint density at radius 2 is 2.30 bits per heavy atom. The molecule has 2 aromatic rings. The summed E-state index contributed by atoms with van der Waals surface area (Å²) in [6.07, 6.45) is 2.82. The standard InChI is InChI=1S/C15H19N3OS/c1-3-13(15-17-6-7-20-15)18-9-12-5-4-11(14(16)19)8-10(12)2/h4-8,13,18H,3,9H2,1-2H3,(H2,16,19). The van der Waals surface area contributed by atoms with Gasteiger partial charge in [0.15, 0.2) is 0 Å². The molecule has 1 unspecified atom stereocenters. The van der Waals surface area contributed by atoms with Gasteiger partial charge in [0.2, 0.25) is 5.91 Å². The average Bonchev–Trinajstić information content (AvgIpc) is 2.95. The number of nitrogens with two attached hydrogens (primary N) is 1. The molecule has 0 saturated carbocycles. The molecule has 0 radical (unpaired) electrons. The Kier molecular flexibility index (Phi) is 4.87. The van der Waals surface area contributed by atoms with Crippen molar-refractivity contribution in [2.75, 3.05) is 0 Å². The molecule has 1 aromatic carbocycles. The van der Waals surface area contributed by atoms with E-state index in [9.17, 15) is 4.79 Å². The van der Waals surface area contributed by atoms with Crippen molar-refractivity contribution in [3.8, 4) is 0 Å². The highest BCUT2D eigenvalue weighted by atomic mass is 32.1. The number of rotatable bonds is 6. The highest BCUT2D eigenvalue weighted by Gasteiger charge is 2.12. The van der Waals surface area contributed by atoms with Gasteiger partial charge in [-0.25, -0.2) is 4.98 Å². The molecule has 0 fully saturated rings. The van der Waals surface area contributed by atoms with Crippen molar-refractivity contribution in [1.29, 1.82) is 0 Å². The maximum atomic E-state index is 11.1. The number of nitrogens with zero attached hydrogens (tertiary/aromatic N) is 1. The molecule has 1 aromatic heterocycles. The molecule has 2 rings (SSSR count). The molecule has 0 spiro atoms. The fourth-order valence-electron chi connectivity index (χ4n) is 2.09. The molecule has 0 bridgehead atoms. The first kappa shape index (κ1) is 14.7. The summed E-state index contributed by atoms with van der Waals surface area (Å²) in [5.74, 6) is -0.387. The van der Waals surface area contributed by atoms with Crippen LogP contribution in [0, 0.1) is 6.92 Å². The molecule has 1 heterocycles. The van der Waals surface area contributed by atoms with Gasteiger partial charge in [-0.1, -0.05) is 13.0 Å². The van der Waals surface area contributed by atoms with Gasteiger partial charge in [-0.05, 0) is 36.6 Å². The second-order valence-corrected chi connectivity index (χ2v) is 5.64. The smallest absolute Gasteiger partial charge is 0.248 e. The van der Waals surface area contributed by atoms with Crippen LogP contribution in [0.15, 0.2) is 29.8 Å². The third-order valence-electron chi connectivity index (χ3n) is 3.32. The Hall–Kier alpha value is -1.72. The van der Waals surface area contributed by atoms with Crippen molar-refractivity contribution in [3.63, 3.8) is 0 Å². The van der Waals surface area contributed by atoms with Crippen molar-refractivity contribution < 1.29 is 4.79 Å². The van der Waals surface area contributed by atoms with Gasteiger partial charge >= 0.3 is 0 Å². The Balaban J connectivity index is 2.05. The number of aryl methyl sites for hydroxylation is 1. The highest BCUT2D eigenvalue weighted by molar-refractivity contribution is 7.09. The molecule has 4 nitrogen and oxygen atoms in total. The van der Waals surface area contributed by atoms with E-state index in [1.165, 1.54) is 5.56 Å². The summed E-state index contributed by atoms with van der Waals surface area (Å²) in [5, 5.41) is 6.61. The summed E-state index contributed by atoms with van der Waals surface area (Å²) in [6, 6.07) is 5.84. The number of nitrogens with one attached hydrogen (secondary N) is 1. The normalized spacial score (nSPS) is 12.3. The number of aromatic nitrogens is 1. The lowest BCUT2D eigenvalue weighted by molar-refractivity contribution is 0.1000. The van der Waals surface area contributed by atoms with E-state index in [0.29, 0.717) is 5.56 Å². The van der Waals surface area contributed by atoms with Gasteiger partial charge in [0.25, 0.3) is 0 Å². The number of hydrogen-bond donors (Lipinski definition) is 2. The maximum absolute atomic E-state index is 11.1. The molecule has 1 amide bonds. The van der Waals surface area contributed by atoms with E-state index in [0.717, 1.165) is 23.5 Å².